The van der Waals surface area contributed by atoms with Crippen molar-refractivity contribution in [2.45, 2.75) is 45.3 Å². The van der Waals surface area contributed by atoms with Crippen LogP contribution in [0.15, 0.2) is 18.2 Å². The molecule has 0 amide bonds. The number of nitrogens with one attached hydrogen (secondary N) is 1. The predicted octanol–water partition coefficient (Wildman–Crippen LogP) is 3.44. The molecule has 4 heteroatoms. The minimum Gasteiger partial charge on any atom is -0.311 e. The Kier molecular flexibility index (Phi) is 4.49. The van der Waals surface area contributed by atoms with E-state index in [-0.39, 0.29) is 16.4 Å². The minimum atomic E-state index is -0.286. The van der Waals surface area contributed by atoms with Crippen LogP contribution in [0.25, 0.3) is 0 Å². The van der Waals surface area contributed by atoms with Gasteiger partial charge in [-0.15, -0.1) is 0 Å². The number of hydrogen-bond donors (Lipinski definition) is 1. The highest BCUT2D eigenvalue weighted by atomic mass is 35.5. The van der Waals surface area contributed by atoms with E-state index in [2.05, 4.69) is 31.0 Å². The van der Waals surface area contributed by atoms with Gasteiger partial charge in [0.2, 0.25) is 0 Å². The first-order chi connectivity index (χ1) is 8.94. The fraction of sp³-hybridized carbons (Fsp3) is 0.600. The van der Waals surface area contributed by atoms with Crippen LogP contribution >= 0.6 is 11.6 Å². The number of benzene rings is 1. The van der Waals surface area contributed by atoms with Crippen molar-refractivity contribution in [2.75, 3.05) is 13.1 Å². The molecule has 19 heavy (non-hydrogen) atoms. The molecule has 0 saturated carbocycles. The fourth-order valence-corrected chi connectivity index (χ4v) is 2.71. The van der Waals surface area contributed by atoms with Crippen LogP contribution in [0, 0.1) is 5.82 Å². The number of nitrogens with zero attached hydrogens (tertiary/aromatic N) is 1. The highest BCUT2D eigenvalue weighted by molar-refractivity contribution is 6.30. The zero-order valence-corrected chi connectivity index (χ0v) is 12.6. The molecule has 0 radical (unpaired) electrons. The van der Waals surface area contributed by atoms with E-state index in [4.69, 9.17) is 11.6 Å². The maximum atomic E-state index is 14.0. The van der Waals surface area contributed by atoms with Crippen LogP contribution in [0.1, 0.15) is 32.8 Å². The van der Waals surface area contributed by atoms with Crippen molar-refractivity contribution in [3.63, 3.8) is 0 Å². The van der Waals surface area contributed by atoms with Crippen LogP contribution in [0.3, 0.4) is 0 Å². The quantitative estimate of drug-likeness (QED) is 0.915. The molecule has 1 unspecified atom stereocenters. The molecule has 2 rings (SSSR count). The van der Waals surface area contributed by atoms with E-state index < -0.39 is 0 Å². The summed E-state index contributed by atoms with van der Waals surface area (Å²) in [6.45, 7) is 9.03. The van der Waals surface area contributed by atoms with Gasteiger partial charge in [-0.3, -0.25) is 4.90 Å². The van der Waals surface area contributed by atoms with Crippen LogP contribution in [-0.4, -0.2) is 29.6 Å². The van der Waals surface area contributed by atoms with E-state index in [1.807, 2.05) is 12.1 Å². The lowest BCUT2D eigenvalue weighted by Crippen LogP contribution is -2.61. The molecule has 2 nitrogen and oxygen atoms in total. The van der Waals surface area contributed by atoms with Gasteiger partial charge in [0.1, 0.15) is 5.82 Å². The third-order valence-corrected chi connectivity index (χ3v) is 4.30. The summed E-state index contributed by atoms with van der Waals surface area (Å²) >= 11 is 5.85. The molecule has 1 aliphatic heterocycles. The van der Waals surface area contributed by atoms with E-state index in [1.54, 1.807) is 6.07 Å². The Morgan fingerprint density at radius 1 is 1.47 bits per heavy atom. The largest absolute Gasteiger partial charge is 0.311 e. The van der Waals surface area contributed by atoms with Crippen molar-refractivity contribution in [1.82, 2.24) is 10.2 Å². The van der Waals surface area contributed by atoms with Crippen LogP contribution in [0.2, 0.25) is 5.02 Å². The summed E-state index contributed by atoms with van der Waals surface area (Å²) in [7, 11) is 0. The first-order valence-electron chi connectivity index (χ1n) is 6.85. The zero-order chi connectivity index (χ0) is 14.0. The van der Waals surface area contributed by atoms with Crippen molar-refractivity contribution >= 4 is 11.6 Å². The van der Waals surface area contributed by atoms with E-state index >= 15 is 0 Å². The summed E-state index contributed by atoms with van der Waals surface area (Å²) < 4.78 is 14.0. The zero-order valence-electron chi connectivity index (χ0n) is 11.8. The summed E-state index contributed by atoms with van der Waals surface area (Å²) in [5.41, 5.74) is 0.706. The summed E-state index contributed by atoms with van der Waals surface area (Å²) in [5.74, 6) is -0.286. The van der Waals surface area contributed by atoms with Crippen molar-refractivity contribution < 1.29 is 4.39 Å². The molecule has 0 bridgehead atoms. The average molecular weight is 285 g/mol. The maximum absolute atomic E-state index is 14.0. The molecule has 0 aromatic heterocycles. The minimum absolute atomic E-state index is 0.0282. The van der Waals surface area contributed by atoms with E-state index in [9.17, 15) is 4.39 Å². The Bertz CT molecular complexity index is 448. The molecule has 1 fully saturated rings. The number of halogens is 2. The summed E-state index contributed by atoms with van der Waals surface area (Å²) in [6, 6.07) is 5.71. The second kappa shape index (κ2) is 5.78. The van der Waals surface area contributed by atoms with Gasteiger partial charge in [-0.2, -0.15) is 0 Å². The monoisotopic (exact) mass is 284 g/mol. The second-order valence-corrected chi connectivity index (χ2v) is 6.30. The van der Waals surface area contributed by atoms with Gasteiger partial charge in [-0.25, -0.2) is 4.39 Å². The molecule has 0 spiro atoms. The Morgan fingerprint density at radius 3 is 2.89 bits per heavy atom. The molecule has 1 saturated heterocycles. The molecule has 1 N–H and O–H groups in total. The van der Waals surface area contributed by atoms with E-state index in [1.165, 1.54) is 0 Å². The van der Waals surface area contributed by atoms with Crippen LogP contribution < -0.4 is 5.32 Å². The normalized spacial score (nSPS) is 23.5. The van der Waals surface area contributed by atoms with E-state index in [0.29, 0.717) is 18.2 Å². The molecule has 1 aromatic rings. The first kappa shape index (κ1) is 14.8. The summed E-state index contributed by atoms with van der Waals surface area (Å²) in [4.78, 5) is 2.34. The van der Waals surface area contributed by atoms with Gasteiger partial charge < -0.3 is 5.32 Å². The Labute approximate surface area is 119 Å². The van der Waals surface area contributed by atoms with Crippen LogP contribution in [0.4, 0.5) is 4.39 Å². The number of rotatable bonds is 3. The molecule has 1 aliphatic rings. The van der Waals surface area contributed by atoms with E-state index in [0.717, 1.165) is 19.5 Å². The lowest BCUT2D eigenvalue weighted by Gasteiger charge is -2.46. The maximum Gasteiger partial charge on any atom is 0.146 e. The van der Waals surface area contributed by atoms with Crippen LogP contribution in [0.5, 0.6) is 0 Å². The number of hydrogen-bond acceptors (Lipinski definition) is 2. The van der Waals surface area contributed by atoms with Gasteiger partial charge in [0.25, 0.3) is 0 Å². The molecule has 1 atom stereocenters. The predicted molar refractivity (Wildman–Crippen MR) is 78.0 cm³/mol. The van der Waals surface area contributed by atoms with Crippen molar-refractivity contribution in [3.05, 3.63) is 34.6 Å². The van der Waals surface area contributed by atoms with Crippen molar-refractivity contribution in [1.29, 1.82) is 0 Å². The lowest BCUT2D eigenvalue weighted by atomic mass is 9.95. The Balaban J connectivity index is 2.17. The topological polar surface area (TPSA) is 15.3 Å². The first-order valence-corrected chi connectivity index (χ1v) is 7.23. The van der Waals surface area contributed by atoms with Gasteiger partial charge in [0.15, 0.2) is 0 Å². The van der Waals surface area contributed by atoms with Gasteiger partial charge in [-0.1, -0.05) is 30.7 Å². The number of piperazine rings is 1. The highest BCUT2D eigenvalue weighted by Gasteiger charge is 2.33. The van der Waals surface area contributed by atoms with Gasteiger partial charge >= 0.3 is 0 Å². The summed E-state index contributed by atoms with van der Waals surface area (Å²) in [5, 5.41) is 3.75. The third-order valence-electron chi connectivity index (χ3n) is 4.01. The SMILES string of the molecule is CCC1CN(Cc2cccc(Cl)c2F)C(C)(C)CN1. The summed E-state index contributed by atoms with van der Waals surface area (Å²) in [6.07, 6.45) is 1.09. The third kappa shape index (κ3) is 3.28. The Hall–Kier alpha value is -0.640. The van der Waals surface area contributed by atoms with Gasteiger partial charge in [0, 0.05) is 36.8 Å². The molecular weight excluding hydrogens is 263 g/mol. The molecule has 106 valence electrons. The Morgan fingerprint density at radius 2 is 2.21 bits per heavy atom. The second-order valence-electron chi connectivity index (χ2n) is 5.89. The molecule has 1 aromatic carbocycles. The fourth-order valence-electron chi connectivity index (χ4n) is 2.51. The standard InChI is InChI=1S/C15H22ClFN2/c1-4-12-9-19(15(2,3)10-18-12)8-11-6-5-7-13(16)14(11)17/h5-7,12,18H,4,8-10H2,1-3H3. The molecular formula is C15H22ClFN2. The van der Waals surface area contributed by atoms with Crippen LogP contribution in [-0.2, 0) is 6.54 Å². The van der Waals surface area contributed by atoms with Gasteiger partial charge in [0.05, 0.1) is 5.02 Å². The molecule has 1 heterocycles. The average Bonchev–Trinajstić information content (AvgIpc) is 2.37. The highest BCUT2D eigenvalue weighted by Crippen LogP contribution is 2.25. The lowest BCUT2D eigenvalue weighted by molar-refractivity contribution is 0.0567. The van der Waals surface area contributed by atoms with Crippen molar-refractivity contribution in [3.8, 4) is 0 Å². The smallest absolute Gasteiger partial charge is 0.146 e. The van der Waals surface area contributed by atoms with Gasteiger partial charge in [-0.05, 0) is 26.3 Å². The molecule has 0 aliphatic carbocycles. The van der Waals surface area contributed by atoms with Crippen molar-refractivity contribution in [2.24, 2.45) is 0 Å².